The molecule has 0 aliphatic carbocycles. The van der Waals surface area contributed by atoms with Gasteiger partial charge in [0.2, 0.25) is 0 Å². The summed E-state index contributed by atoms with van der Waals surface area (Å²) in [7, 11) is 6.63. The van der Waals surface area contributed by atoms with E-state index in [0.717, 1.165) is 21.1 Å². The van der Waals surface area contributed by atoms with E-state index >= 15 is 0 Å². The molecule has 1 saturated heterocycles. The Labute approximate surface area is 135 Å². The molecule has 0 aromatic heterocycles. The molecular formula is C17H19N3O3. The minimum absolute atomic E-state index is 0.0317. The van der Waals surface area contributed by atoms with Crippen molar-refractivity contribution in [2.24, 2.45) is 0 Å². The molecule has 120 valence electrons. The molecule has 0 N–H and O–H groups in total. The largest absolute Gasteiger partial charge is 0.378 e. The second-order valence-electron chi connectivity index (χ2n) is 5.44. The molecule has 1 aliphatic rings. The number of imide groups is 2. The fraction of sp³-hybridized carbons (Fsp3) is 0.235. The second-order valence-corrected chi connectivity index (χ2v) is 5.44. The Morgan fingerprint density at radius 3 is 1.91 bits per heavy atom. The van der Waals surface area contributed by atoms with Crippen molar-refractivity contribution in [1.82, 2.24) is 9.80 Å². The van der Waals surface area contributed by atoms with E-state index in [1.807, 2.05) is 43.3 Å². The third-order valence-electron chi connectivity index (χ3n) is 3.61. The number of urea groups is 1. The molecule has 1 aromatic rings. The summed E-state index contributed by atoms with van der Waals surface area (Å²) in [5.41, 5.74) is 2.00. The second kappa shape index (κ2) is 6.48. The molecule has 0 bridgehead atoms. The van der Waals surface area contributed by atoms with Crippen molar-refractivity contribution in [3.05, 3.63) is 47.6 Å². The summed E-state index contributed by atoms with van der Waals surface area (Å²) in [6.45, 7) is 0. The van der Waals surface area contributed by atoms with Crippen molar-refractivity contribution < 1.29 is 14.4 Å². The average molecular weight is 313 g/mol. The van der Waals surface area contributed by atoms with E-state index in [-0.39, 0.29) is 5.57 Å². The third-order valence-corrected chi connectivity index (χ3v) is 3.61. The molecule has 0 radical (unpaired) electrons. The molecule has 2 rings (SSSR count). The first-order valence-electron chi connectivity index (χ1n) is 7.08. The molecule has 0 spiro atoms. The molecule has 4 amide bonds. The first-order valence-corrected chi connectivity index (χ1v) is 7.08. The number of carbonyl (C=O) groups is 3. The molecular weight excluding hydrogens is 294 g/mol. The number of rotatable bonds is 3. The number of hydrogen-bond donors (Lipinski definition) is 0. The maximum Gasteiger partial charge on any atom is 0.333 e. The number of allylic oxidation sites excluding steroid dienone is 2. The van der Waals surface area contributed by atoms with E-state index in [1.165, 1.54) is 20.2 Å². The van der Waals surface area contributed by atoms with Crippen LogP contribution in [0.1, 0.15) is 5.56 Å². The van der Waals surface area contributed by atoms with Crippen LogP contribution in [0.2, 0.25) is 0 Å². The SMILES string of the molecule is CN1C(=O)C(=C/C=C/c2ccc(N(C)C)cc2)C(=O)N(C)C1=O. The molecule has 1 fully saturated rings. The Kier molecular flexibility index (Phi) is 4.64. The van der Waals surface area contributed by atoms with Crippen molar-refractivity contribution in [2.45, 2.75) is 0 Å². The van der Waals surface area contributed by atoms with E-state index in [1.54, 1.807) is 12.2 Å². The Morgan fingerprint density at radius 1 is 0.913 bits per heavy atom. The standard InChI is InChI=1S/C17H19N3O3/c1-18(2)13-10-8-12(9-11-13)6-5-7-14-15(21)19(3)17(23)20(4)16(14)22/h5-11H,1-4H3/b6-5+. The minimum Gasteiger partial charge on any atom is -0.378 e. The maximum atomic E-state index is 12.0. The average Bonchev–Trinajstić information content (AvgIpc) is 2.54. The number of nitrogens with zero attached hydrogens (tertiary/aromatic N) is 3. The molecule has 0 saturated carbocycles. The van der Waals surface area contributed by atoms with Gasteiger partial charge < -0.3 is 4.90 Å². The van der Waals surface area contributed by atoms with Gasteiger partial charge in [0.1, 0.15) is 5.57 Å². The third kappa shape index (κ3) is 3.31. The van der Waals surface area contributed by atoms with Gasteiger partial charge >= 0.3 is 6.03 Å². The van der Waals surface area contributed by atoms with Gasteiger partial charge in [-0.1, -0.05) is 24.3 Å². The number of hydrogen-bond acceptors (Lipinski definition) is 4. The lowest BCUT2D eigenvalue weighted by atomic mass is 10.1. The number of amides is 4. The molecule has 6 nitrogen and oxygen atoms in total. The van der Waals surface area contributed by atoms with Crippen molar-refractivity contribution in [2.75, 3.05) is 33.1 Å². The highest BCUT2D eigenvalue weighted by Gasteiger charge is 2.37. The monoisotopic (exact) mass is 313 g/mol. The fourth-order valence-electron chi connectivity index (χ4n) is 2.13. The first-order chi connectivity index (χ1) is 10.8. The van der Waals surface area contributed by atoms with Gasteiger partial charge in [0, 0.05) is 33.9 Å². The van der Waals surface area contributed by atoms with Crippen LogP contribution in [0.15, 0.2) is 42.0 Å². The normalized spacial score (nSPS) is 15.7. The molecule has 6 heteroatoms. The summed E-state index contributed by atoms with van der Waals surface area (Å²) in [6.07, 6.45) is 4.86. The zero-order chi connectivity index (χ0) is 17.1. The predicted molar refractivity (Wildman–Crippen MR) is 88.8 cm³/mol. The summed E-state index contributed by atoms with van der Waals surface area (Å²) in [6, 6.07) is 7.21. The van der Waals surface area contributed by atoms with Crippen LogP contribution in [0, 0.1) is 0 Å². The van der Waals surface area contributed by atoms with Gasteiger partial charge in [-0.25, -0.2) is 4.79 Å². The molecule has 0 unspecified atom stereocenters. The molecule has 0 atom stereocenters. The summed E-state index contributed by atoms with van der Waals surface area (Å²) in [5, 5.41) is 0. The summed E-state index contributed by atoms with van der Waals surface area (Å²) in [5.74, 6) is -1.18. The van der Waals surface area contributed by atoms with Crippen LogP contribution in [0.5, 0.6) is 0 Å². The zero-order valence-corrected chi connectivity index (χ0v) is 13.6. The van der Waals surface area contributed by atoms with Crippen LogP contribution in [-0.2, 0) is 9.59 Å². The van der Waals surface area contributed by atoms with Crippen molar-refractivity contribution >= 4 is 29.6 Å². The van der Waals surface area contributed by atoms with Crippen LogP contribution in [0.4, 0.5) is 10.5 Å². The van der Waals surface area contributed by atoms with Crippen LogP contribution in [-0.4, -0.2) is 55.8 Å². The van der Waals surface area contributed by atoms with Gasteiger partial charge in [-0.15, -0.1) is 0 Å². The van der Waals surface area contributed by atoms with Crippen molar-refractivity contribution in [3.63, 3.8) is 0 Å². The number of likely N-dealkylation sites (N-methyl/N-ethyl adjacent to an activating group) is 2. The van der Waals surface area contributed by atoms with Gasteiger partial charge in [0.05, 0.1) is 0 Å². The van der Waals surface area contributed by atoms with Crippen molar-refractivity contribution in [1.29, 1.82) is 0 Å². The van der Waals surface area contributed by atoms with E-state index in [0.29, 0.717) is 0 Å². The Morgan fingerprint density at radius 2 is 1.43 bits per heavy atom. The fourth-order valence-corrected chi connectivity index (χ4v) is 2.13. The maximum absolute atomic E-state index is 12.0. The van der Waals surface area contributed by atoms with E-state index in [4.69, 9.17) is 0 Å². The zero-order valence-electron chi connectivity index (χ0n) is 13.6. The number of barbiturate groups is 1. The summed E-state index contributed by atoms with van der Waals surface area (Å²) in [4.78, 5) is 39.5. The smallest absolute Gasteiger partial charge is 0.333 e. The summed E-state index contributed by atoms with van der Waals surface area (Å²) < 4.78 is 0. The number of carbonyl (C=O) groups excluding carboxylic acids is 3. The van der Waals surface area contributed by atoms with Crippen LogP contribution in [0.3, 0.4) is 0 Å². The van der Waals surface area contributed by atoms with E-state index in [2.05, 4.69) is 0 Å². The Balaban J connectivity index is 2.19. The van der Waals surface area contributed by atoms with Crippen LogP contribution in [0.25, 0.3) is 6.08 Å². The quantitative estimate of drug-likeness (QED) is 0.630. The number of anilines is 1. The van der Waals surface area contributed by atoms with Crippen LogP contribution < -0.4 is 4.90 Å². The Bertz CT molecular complexity index is 676. The van der Waals surface area contributed by atoms with Gasteiger partial charge in [-0.2, -0.15) is 0 Å². The summed E-state index contributed by atoms with van der Waals surface area (Å²) >= 11 is 0. The number of benzene rings is 1. The highest BCUT2D eigenvalue weighted by atomic mass is 16.2. The lowest BCUT2D eigenvalue weighted by Gasteiger charge is -2.28. The highest BCUT2D eigenvalue weighted by Crippen LogP contribution is 2.16. The molecule has 23 heavy (non-hydrogen) atoms. The van der Waals surface area contributed by atoms with Crippen LogP contribution >= 0.6 is 0 Å². The van der Waals surface area contributed by atoms with Gasteiger partial charge in [0.25, 0.3) is 11.8 Å². The molecule has 1 aliphatic heterocycles. The topological polar surface area (TPSA) is 60.9 Å². The molecule has 1 aromatic carbocycles. The molecule has 1 heterocycles. The minimum atomic E-state index is -0.625. The predicted octanol–water partition coefficient (Wildman–Crippen LogP) is 1.74. The van der Waals surface area contributed by atoms with Gasteiger partial charge in [0.15, 0.2) is 0 Å². The lowest BCUT2D eigenvalue weighted by molar-refractivity contribution is -0.134. The van der Waals surface area contributed by atoms with Crippen molar-refractivity contribution in [3.8, 4) is 0 Å². The highest BCUT2D eigenvalue weighted by molar-refractivity contribution is 6.28. The Hall–Kier alpha value is -2.89. The van der Waals surface area contributed by atoms with E-state index < -0.39 is 17.8 Å². The first kappa shape index (κ1) is 16.5. The van der Waals surface area contributed by atoms with E-state index in [9.17, 15) is 14.4 Å². The lowest BCUT2D eigenvalue weighted by Crippen LogP contribution is -2.52. The van der Waals surface area contributed by atoms with Gasteiger partial charge in [-0.3, -0.25) is 19.4 Å². The van der Waals surface area contributed by atoms with Gasteiger partial charge in [-0.05, 0) is 23.8 Å².